The van der Waals surface area contributed by atoms with Crippen LogP contribution in [-0.4, -0.2) is 9.38 Å². The number of fused-ring (bicyclic) bond motifs is 1. The van der Waals surface area contributed by atoms with Crippen LogP contribution in [0.1, 0.15) is 18.2 Å². The highest BCUT2D eigenvalue weighted by Crippen LogP contribution is 2.33. The van der Waals surface area contributed by atoms with E-state index in [-0.39, 0.29) is 10.7 Å². The van der Waals surface area contributed by atoms with Crippen molar-refractivity contribution in [3.05, 3.63) is 41.3 Å². The Labute approximate surface area is 100 Å². The monoisotopic (exact) mass is 260 g/mol. The number of halogens is 4. The zero-order valence-electron chi connectivity index (χ0n) is 8.85. The van der Waals surface area contributed by atoms with Crippen molar-refractivity contribution >= 4 is 22.8 Å². The number of aromatic nitrogens is 2. The van der Waals surface area contributed by atoms with Crippen LogP contribution in [0, 0.1) is 0 Å². The molecule has 0 bridgehead atoms. The van der Waals surface area contributed by atoms with Crippen LogP contribution >= 0.6 is 11.6 Å². The molecule has 2 heterocycles. The molecule has 0 aliphatic heterocycles. The topological polar surface area (TPSA) is 17.3 Å². The zero-order chi connectivity index (χ0) is 12.8. The van der Waals surface area contributed by atoms with Crippen LogP contribution in [0.5, 0.6) is 0 Å². The SMILES string of the molecule is C=C(C)c1cnc2c(Cl)cc(C(F)(F)F)cn12. The maximum absolute atomic E-state index is 12.6. The van der Waals surface area contributed by atoms with Crippen LogP contribution in [0.2, 0.25) is 5.02 Å². The first-order valence-electron chi connectivity index (χ1n) is 4.70. The average molecular weight is 261 g/mol. The van der Waals surface area contributed by atoms with Gasteiger partial charge in [-0.1, -0.05) is 18.2 Å². The van der Waals surface area contributed by atoms with E-state index >= 15 is 0 Å². The number of rotatable bonds is 1. The number of alkyl halides is 3. The number of hydrogen-bond acceptors (Lipinski definition) is 1. The molecule has 0 fully saturated rings. The Balaban J connectivity index is 2.78. The number of pyridine rings is 1. The van der Waals surface area contributed by atoms with Crippen molar-refractivity contribution in [3.63, 3.8) is 0 Å². The summed E-state index contributed by atoms with van der Waals surface area (Å²) in [7, 11) is 0. The van der Waals surface area contributed by atoms with Crippen molar-refractivity contribution in [2.45, 2.75) is 13.1 Å². The molecule has 6 heteroatoms. The summed E-state index contributed by atoms with van der Waals surface area (Å²) in [5.41, 5.74) is 0.606. The molecule has 17 heavy (non-hydrogen) atoms. The Morgan fingerprint density at radius 3 is 2.65 bits per heavy atom. The lowest BCUT2D eigenvalue weighted by atomic mass is 10.2. The maximum Gasteiger partial charge on any atom is 0.417 e. The van der Waals surface area contributed by atoms with Crippen LogP contribution in [-0.2, 0) is 6.18 Å². The third kappa shape index (κ3) is 2.02. The molecule has 0 saturated carbocycles. The molecule has 2 aromatic heterocycles. The first kappa shape index (κ1) is 12.0. The van der Waals surface area contributed by atoms with E-state index in [0.29, 0.717) is 11.3 Å². The van der Waals surface area contributed by atoms with Gasteiger partial charge < -0.3 is 0 Å². The van der Waals surface area contributed by atoms with Crippen LogP contribution in [0.15, 0.2) is 25.0 Å². The summed E-state index contributed by atoms with van der Waals surface area (Å²) in [5, 5.41) is -0.0349. The Bertz CT molecular complexity index is 599. The lowest BCUT2D eigenvalue weighted by Gasteiger charge is -2.09. The Morgan fingerprint density at radius 1 is 1.47 bits per heavy atom. The normalized spacial score (nSPS) is 12.1. The highest BCUT2D eigenvalue weighted by atomic mass is 35.5. The minimum Gasteiger partial charge on any atom is -0.298 e. The number of hydrogen-bond donors (Lipinski definition) is 0. The molecule has 0 saturated heterocycles. The second-order valence-corrected chi connectivity index (χ2v) is 4.10. The summed E-state index contributed by atoms with van der Waals surface area (Å²) in [6.07, 6.45) is -2.02. The summed E-state index contributed by atoms with van der Waals surface area (Å²) in [4.78, 5) is 3.97. The molecule has 2 nitrogen and oxygen atoms in total. The fraction of sp³-hybridized carbons (Fsp3) is 0.182. The lowest BCUT2D eigenvalue weighted by Crippen LogP contribution is -2.07. The van der Waals surface area contributed by atoms with E-state index in [1.54, 1.807) is 6.92 Å². The number of nitrogens with zero attached hydrogens (tertiary/aromatic N) is 2. The van der Waals surface area contributed by atoms with Gasteiger partial charge in [-0.25, -0.2) is 4.98 Å². The molecule has 0 amide bonds. The number of imidazole rings is 1. The molecule has 0 radical (unpaired) electrons. The zero-order valence-corrected chi connectivity index (χ0v) is 9.60. The van der Waals surface area contributed by atoms with E-state index in [4.69, 9.17) is 11.6 Å². The van der Waals surface area contributed by atoms with Crippen molar-refractivity contribution in [1.82, 2.24) is 9.38 Å². The van der Waals surface area contributed by atoms with Crippen molar-refractivity contribution < 1.29 is 13.2 Å². The predicted molar refractivity (Wildman–Crippen MR) is 59.9 cm³/mol. The van der Waals surface area contributed by atoms with Crippen LogP contribution in [0.4, 0.5) is 13.2 Å². The fourth-order valence-electron chi connectivity index (χ4n) is 1.52. The van der Waals surface area contributed by atoms with Gasteiger partial charge in [-0.2, -0.15) is 13.2 Å². The largest absolute Gasteiger partial charge is 0.417 e. The van der Waals surface area contributed by atoms with Gasteiger partial charge in [0.1, 0.15) is 0 Å². The summed E-state index contributed by atoms with van der Waals surface area (Å²) in [5.74, 6) is 0. The smallest absolute Gasteiger partial charge is 0.298 e. The van der Waals surface area contributed by atoms with Gasteiger partial charge in [0.25, 0.3) is 0 Å². The predicted octanol–water partition coefficient (Wildman–Crippen LogP) is 4.04. The molecule has 0 aromatic carbocycles. The lowest BCUT2D eigenvalue weighted by molar-refractivity contribution is -0.137. The standard InChI is InChI=1S/C11H8ClF3N2/c1-6(2)9-4-16-10-8(12)3-7(5-17(9)10)11(13,14)15/h3-5H,1H2,2H3. The van der Waals surface area contributed by atoms with Crippen molar-refractivity contribution in [3.8, 4) is 0 Å². The van der Waals surface area contributed by atoms with E-state index in [9.17, 15) is 13.2 Å². The average Bonchev–Trinajstić information content (AvgIpc) is 2.60. The van der Waals surface area contributed by atoms with E-state index < -0.39 is 11.7 Å². The summed E-state index contributed by atoms with van der Waals surface area (Å²) < 4.78 is 39.2. The van der Waals surface area contributed by atoms with Gasteiger partial charge in [0.2, 0.25) is 0 Å². The summed E-state index contributed by atoms with van der Waals surface area (Å²) in [6.45, 7) is 5.38. The van der Waals surface area contributed by atoms with Crippen molar-refractivity contribution in [1.29, 1.82) is 0 Å². The van der Waals surface area contributed by atoms with Crippen LogP contribution in [0.3, 0.4) is 0 Å². The molecule has 0 N–H and O–H groups in total. The summed E-state index contributed by atoms with van der Waals surface area (Å²) in [6, 6.07) is 0.867. The second kappa shape index (κ2) is 3.77. The highest BCUT2D eigenvalue weighted by molar-refractivity contribution is 6.33. The van der Waals surface area contributed by atoms with Gasteiger partial charge in [-0.3, -0.25) is 4.40 Å². The third-order valence-corrected chi connectivity index (χ3v) is 2.60. The van der Waals surface area contributed by atoms with E-state index in [1.807, 2.05) is 0 Å². The molecular weight excluding hydrogens is 253 g/mol. The summed E-state index contributed by atoms with van der Waals surface area (Å²) >= 11 is 5.77. The number of allylic oxidation sites excluding steroid dienone is 1. The molecule has 0 spiro atoms. The molecule has 2 aromatic rings. The van der Waals surface area contributed by atoms with E-state index in [1.165, 1.54) is 10.6 Å². The van der Waals surface area contributed by atoms with Gasteiger partial charge in [0, 0.05) is 6.20 Å². The highest BCUT2D eigenvalue weighted by Gasteiger charge is 2.32. The molecule has 0 atom stereocenters. The Hall–Kier alpha value is -1.49. The van der Waals surface area contributed by atoms with Gasteiger partial charge in [-0.05, 0) is 18.6 Å². The molecule has 0 unspecified atom stereocenters. The van der Waals surface area contributed by atoms with Gasteiger partial charge >= 0.3 is 6.18 Å². The second-order valence-electron chi connectivity index (χ2n) is 3.69. The maximum atomic E-state index is 12.6. The minimum absolute atomic E-state index is 0.0349. The third-order valence-electron chi connectivity index (χ3n) is 2.33. The Kier molecular flexibility index (Phi) is 2.66. The minimum atomic E-state index is -4.44. The van der Waals surface area contributed by atoms with Crippen molar-refractivity contribution in [2.24, 2.45) is 0 Å². The quantitative estimate of drug-likeness (QED) is 0.756. The van der Waals surface area contributed by atoms with Gasteiger partial charge in [0.15, 0.2) is 5.65 Å². The van der Waals surface area contributed by atoms with Crippen LogP contribution in [0.25, 0.3) is 11.2 Å². The molecule has 0 aliphatic rings. The molecular formula is C11H8ClF3N2. The van der Waals surface area contributed by atoms with Crippen LogP contribution < -0.4 is 0 Å². The first-order valence-corrected chi connectivity index (χ1v) is 5.08. The molecule has 90 valence electrons. The fourth-order valence-corrected chi connectivity index (χ4v) is 1.77. The van der Waals surface area contributed by atoms with Gasteiger partial charge in [-0.15, -0.1) is 0 Å². The molecule has 2 rings (SSSR count). The van der Waals surface area contributed by atoms with Gasteiger partial charge in [0.05, 0.1) is 22.5 Å². The van der Waals surface area contributed by atoms with E-state index in [2.05, 4.69) is 11.6 Å². The first-order chi connectivity index (χ1) is 7.80. The Morgan fingerprint density at radius 2 is 2.12 bits per heavy atom. The molecule has 0 aliphatic carbocycles. The van der Waals surface area contributed by atoms with Crippen molar-refractivity contribution in [2.75, 3.05) is 0 Å². The van der Waals surface area contributed by atoms with E-state index in [0.717, 1.165) is 12.3 Å².